The van der Waals surface area contributed by atoms with Gasteiger partial charge in [0, 0.05) is 6.04 Å². The van der Waals surface area contributed by atoms with Gasteiger partial charge in [-0.3, -0.25) is 4.79 Å². The number of rotatable bonds is 3. The van der Waals surface area contributed by atoms with Crippen molar-refractivity contribution < 1.29 is 9.53 Å². The van der Waals surface area contributed by atoms with Gasteiger partial charge >= 0.3 is 0 Å². The van der Waals surface area contributed by atoms with Gasteiger partial charge in [-0.25, -0.2) is 0 Å². The van der Waals surface area contributed by atoms with Gasteiger partial charge in [-0.1, -0.05) is 6.42 Å². The molecular weight excluding hydrogens is 204 g/mol. The maximum atomic E-state index is 11.9. The molecule has 4 nitrogen and oxygen atoms in total. The van der Waals surface area contributed by atoms with Crippen molar-refractivity contribution in [2.24, 2.45) is 11.7 Å². The second-order valence-corrected chi connectivity index (χ2v) is 5.05. The van der Waals surface area contributed by atoms with Crippen LogP contribution in [0, 0.1) is 5.92 Å². The Hall–Kier alpha value is -0.610. The molecule has 0 aromatic heterocycles. The van der Waals surface area contributed by atoms with E-state index in [1.165, 1.54) is 6.42 Å². The third kappa shape index (κ3) is 2.55. The maximum absolute atomic E-state index is 11.9. The first kappa shape index (κ1) is 11.9. The highest BCUT2D eigenvalue weighted by molar-refractivity contribution is 5.81. The van der Waals surface area contributed by atoms with E-state index in [1.54, 1.807) is 0 Å². The van der Waals surface area contributed by atoms with E-state index in [0.717, 1.165) is 25.7 Å². The summed E-state index contributed by atoms with van der Waals surface area (Å²) < 4.78 is 5.56. The van der Waals surface area contributed by atoms with Gasteiger partial charge in [0.1, 0.15) is 6.10 Å². The van der Waals surface area contributed by atoms with Gasteiger partial charge in [-0.15, -0.1) is 0 Å². The zero-order valence-electron chi connectivity index (χ0n) is 9.95. The fraction of sp³-hybridized carbons (Fsp3) is 0.917. The van der Waals surface area contributed by atoms with E-state index in [1.807, 2.05) is 6.92 Å². The minimum absolute atomic E-state index is 0.0645. The van der Waals surface area contributed by atoms with E-state index in [4.69, 9.17) is 10.5 Å². The number of nitrogens with one attached hydrogen (secondary N) is 1. The minimum Gasteiger partial charge on any atom is -0.365 e. The van der Waals surface area contributed by atoms with Crippen LogP contribution in [-0.4, -0.2) is 30.7 Å². The van der Waals surface area contributed by atoms with Crippen molar-refractivity contribution in [2.45, 2.75) is 57.3 Å². The van der Waals surface area contributed by atoms with Gasteiger partial charge < -0.3 is 15.8 Å². The van der Waals surface area contributed by atoms with Crippen LogP contribution in [0.25, 0.3) is 0 Å². The van der Waals surface area contributed by atoms with Crippen LogP contribution >= 0.6 is 0 Å². The van der Waals surface area contributed by atoms with Gasteiger partial charge in [0.25, 0.3) is 0 Å². The van der Waals surface area contributed by atoms with Crippen LogP contribution in [0.4, 0.5) is 0 Å². The van der Waals surface area contributed by atoms with Crippen LogP contribution in [0.15, 0.2) is 0 Å². The van der Waals surface area contributed by atoms with E-state index >= 15 is 0 Å². The quantitative estimate of drug-likeness (QED) is 0.748. The minimum atomic E-state index is -0.228. The smallest absolute Gasteiger partial charge is 0.249 e. The van der Waals surface area contributed by atoms with Crippen molar-refractivity contribution in [1.82, 2.24) is 5.32 Å². The van der Waals surface area contributed by atoms with Crippen LogP contribution < -0.4 is 11.1 Å². The number of carbonyl (C=O) groups excluding carboxylic acids is 1. The fourth-order valence-electron chi connectivity index (χ4n) is 2.78. The summed E-state index contributed by atoms with van der Waals surface area (Å²) in [6.45, 7) is 2.69. The molecule has 0 spiro atoms. The van der Waals surface area contributed by atoms with Crippen LogP contribution in [0.2, 0.25) is 0 Å². The normalized spacial score (nSPS) is 38.9. The summed E-state index contributed by atoms with van der Waals surface area (Å²) in [6, 6.07) is 0.275. The molecule has 1 saturated carbocycles. The lowest BCUT2D eigenvalue weighted by atomic mass is 10.0. The van der Waals surface area contributed by atoms with Crippen molar-refractivity contribution >= 4 is 5.91 Å². The SMILES string of the molecule is CC1CCC(C(=O)NC2CCCC2CN)O1. The number of hydrogen-bond donors (Lipinski definition) is 2. The fourth-order valence-corrected chi connectivity index (χ4v) is 2.78. The molecule has 16 heavy (non-hydrogen) atoms. The molecule has 1 heterocycles. The first-order chi connectivity index (χ1) is 7.70. The Bertz CT molecular complexity index is 257. The van der Waals surface area contributed by atoms with E-state index in [0.29, 0.717) is 12.5 Å². The predicted molar refractivity (Wildman–Crippen MR) is 61.9 cm³/mol. The van der Waals surface area contributed by atoms with Gasteiger partial charge in [-0.05, 0) is 45.1 Å². The van der Waals surface area contributed by atoms with Crippen LogP contribution in [-0.2, 0) is 9.53 Å². The highest BCUT2D eigenvalue weighted by Gasteiger charge is 2.32. The van der Waals surface area contributed by atoms with Crippen molar-refractivity contribution in [2.75, 3.05) is 6.54 Å². The molecule has 92 valence electrons. The number of ether oxygens (including phenoxy) is 1. The zero-order valence-corrected chi connectivity index (χ0v) is 9.95. The molecule has 4 unspecified atom stereocenters. The molecule has 0 aromatic rings. The van der Waals surface area contributed by atoms with Crippen molar-refractivity contribution in [3.8, 4) is 0 Å². The third-order valence-corrected chi connectivity index (χ3v) is 3.81. The average Bonchev–Trinajstić information content (AvgIpc) is 2.86. The topological polar surface area (TPSA) is 64.4 Å². The highest BCUT2D eigenvalue weighted by Crippen LogP contribution is 2.26. The van der Waals surface area contributed by atoms with Gasteiger partial charge in [0.15, 0.2) is 0 Å². The van der Waals surface area contributed by atoms with Crippen molar-refractivity contribution in [3.63, 3.8) is 0 Å². The Morgan fingerprint density at radius 3 is 2.81 bits per heavy atom. The second kappa shape index (κ2) is 5.15. The van der Waals surface area contributed by atoms with Crippen molar-refractivity contribution in [3.05, 3.63) is 0 Å². The summed E-state index contributed by atoms with van der Waals surface area (Å²) in [5.74, 6) is 0.525. The molecule has 2 fully saturated rings. The molecule has 2 aliphatic rings. The lowest BCUT2D eigenvalue weighted by molar-refractivity contribution is -0.132. The van der Waals surface area contributed by atoms with Crippen LogP contribution in [0.1, 0.15) is 39.0 Å². The molecule has 1 aliphatic carbocycles. The highest BCUT2D eigenvalue weighted by atomic mass is 16.5. The van der Waals surface area contributed by atoms with E-state index in [-0.39, 0.29) is 24.2 Å². The Morgan fingerprint density at radius 1 is 1.38 bits per heavy atom. The Morgan fingerprint density at radius 2 is 2.19 bits per heavy atom. The summed E-state index contributed by atoms with van der Waals surface area (Å²) in [4.78, 5) is 11.9. The van der Waals surface area contributed by atoms with Crippen LogP contribution in [0.3, 0.4) is 0 Å². The second-order valence-electron chi connectivity index (χ2n) is 5.05. The first-order valence-electron chi connectivity index (χ1n) is 6.36. The largest absolute Gasteiger partial charge is 0.365 e. The number of amides is 1. The summed E-state index contributed by atoms with van der Waals surface area (Å²) in [7, 11) is 0. The average molecular weight is 226 g/mol. The molecule has 0 radical (unpaired) electrons. The Kier molecular flexibility index (Phi) is 3.82. The van der Waals surface area contributed by atoms with Crippen LogP contribution in [0.5, 0.6) is 0 Å². The predicted octanol–water partition coefficient (Wildman–Crippen LogP) is 0.797. The molecule has 1 saturated heterocycles. The monoisotopic (exact) mass is 226 g/mol. The first-order valence-corrected chi connectivity index (χ1v) is 6.36. The molecular formula is C12H22N2O2. The molecule has 1 amide bonds. The molecule has 1 aliphatic heterocycles. The van der Waals surface area contributed by atoms with E-state index < -0.39 is 0 Å². The lowest BCUT2D eigenvalue weighted by Gasteiger charge is -2.21. The van der Waals surface area contributed by atoms with Crippen molar-refractivity contribution in [1.29, 1.82) is 0 Å². The Balaban J connectivity index is 1.82. The molecule has 0 aromatic carbocycles. The van der Waals surface area contributed by atoms with E-state index in [2.05, 4.69) is 5.32 Å². The standard InChI is InChI=1S/C12H22N2O2/c1-8-5-6-11(16-8)12(15)14-10-4-2-3-9(10)7-13/h8-11H,2-7,13H2,1H3,(H,14,15). The summed E-state index contributed by atoms with van der Waals surface area (Å²) >= 11 is 0. The molecule has 2 rings (SSSR count). The zero-order chi connectivity index (χ0) is 11.5. The van der Waals surface area contributed by atoms with E-state index in [9.17, 15) is 4.79 Å². The molecule has 3 N–H and O–H groups in total. The lowest BCUT2D eigenvalue weighted by Crippen LogP contribution is -2.44. The Labute approximate surface area is 96.9 Å². The number of carbonyl (C=O) groups is 1. The summed E-state index contributed by atoms with van der Waals surface area (Å²) in [5, 5.41) is 3.10. The summed E-state index contributed by atoms with van der Waals surface area (Å²) in [5.41, 5.74) is 5.69. The molecule has 4 atom stereocenters. The third-order valence-electron chi connectivity index (χ3n) is 3.81. The number of nitrogens with two attached hydrogens (primary N) is 1. The van der Waals surface area contributed by atoms with Gasteiger partial charge in [0.05, 0.1) is 6.10 Å². The number of hydrogen-bond acceptors (Lipinski definition) is 3. The van der Waals surface area contributed by atoms with Gasteiger partial charge in [-0.2, -0.15) is 0 Å². The maximum Gasteiger partial charge on any atom is 0.249 e. The summed E-state index contributed by atoms with van der Waals surface area (Å²) in [6.07, 6.45) is 5.23. The van der Waals surface area contributed by atoms with Gasteiger partial charge in [0.2, 0.25) is 5.91 Å². The molecule has 0 bridgehead atoms. The molecule has 4 heteroatoms.